The van der Waals surface area contributed by atoms with E-state index in [-0.39, 0.29) is 18.2 Å². The van der Waals surface area contributed by atoms with E-state index < -0.39 is 4.92 Å². The summed E-state index contributed by atoms with van der Waals surface area (Å²) in [6, 6.07) is 19.4. The van der Waals surface area contributed by atoms with Crippen molar-refractivity contribution in [3.63, 3.8) is 0 Å². The zero-order valence-corrected chi connectivity index (χ0v) is 20.7. The quantitative estimate of drug-likeness (QED) is 0.154. The van der Waals surface area contributed by atoms with Crippen LogP contribution in [-0.2, 0) is 11.4 Å². The summed E-state index contributed by atoms with van der Waals surface area (Å²) in [5.74, 6) is 0.752. The molecule has 9 heteroatoms. The highest BCUT2D eigenvalue weighted by atomic mass is 32.2. The van der Waals surface area contributed by atoms with Crippen molar-refractivity contribution in [1.82, 2.24) is 0 Å². The molecule has 0 unspecified atom stereocenters. The third kappa shape index (κ3) is 5.52. The number of benzene rings is 3. The van der Waals surface area contributed by atoms with Crippen LogP contribution in [0.2, 0.25) is 0 Å². The third-order valence-corrected chi connectivity index (χ3v) is 6.52. The van der Waals surface area contributed by atoms with E-state index in [2.05, 4.69) is 0 Å². The molecule has 0 atom stereocenters. The predicted molar refractivity (Wildman–Crippen MR) is 142 cm³/mol. The highest BCUT2D eigenvalue weighted by Crippen LogP contribution is 2.37. The molecule has 1 aliphatic rings. The smallest absolute Gasteiger partial charge is 0.276 e. The molecule has 0 bridgehead atoms. The van der Waals surface area contributed by atoms with Gasteiger partial charge in [-0.3, -0.25) is 19.8 Å². The minimum absolute atomic E-state index is 0.00214. The Hall–Kier alpha value is -3.69. The monoisotopic (exact) mass is 506 g/mol. The maximum atomic E-state index is 13.1. The summed E-state index contributed by atoms with van der Waals surface area (Å²) in [4.78, 5) is 25.9. The maximum absolute atomic E-state index is 13.1. The standard InChI is InChI=1S/C26H22N2O5S2/c1-3-32-23-14-18(10-13-22(23)33-16-19-6-4-5-7-21(19)28(30)31)15-24-25(29)27(26(34)35-24)20-11-8-17(2)9-12-20/h4-15H,3,16H2,1-2H3/b24-15-. The number of hydrogen-bond acceptors (Lipinski definition) is 7. The van der Waals surface area contributed by atoms with E-state index in [0.29, 0.717) is 32.9 Å². The van der Waals surface area contributed by atoms with Crippen LogP contribution in [0.3, 0.4) is 0 Å². The van der Waals surface area contributed by atoms with Crippen LogP contribution in [0.5, 0.6) is 11.5 Å². The van der Waals surface area contributed by atoms with Gasteiger partial charge in [-0.15, -0.1) is 0 Å². The molecule has 1 aliphatic heterocycles. The molecule has 35 heavy (non-hydrogen) atoms. The average molecular weight is 507 g/mol. The second-order valence-electron chi connectivity index (χ2n) is 7.67. The van der Waals surface area contributed by atoms with Gasteiger partial charge in [-0.05, 0) is 55.8 Å². The second kappa shape index (κ2) is 10.7. The van der Waals surface area contributed by atoms with E-state index in [9.17, 15) is 14.9 Å². The van der Waals surface area contributed by atoms with E-state index >= 15 is 0 Å². The Morgan fingerprint density at radius 2 is 1.80 bits per heavy atom. The first kappa shape index (κ1) is 24.4. The molecule has 0 aromatic heterocycles. The van der Waals surface area contributed by atoms with E-state index in [1.165, 1.54) is 22.7 Å². The largest absolute Gasteiger partial charge is 0.490 e. The summed E-state index contributed by atoms with van der Waals surface area (Å²) >= 11 is 6.70. The van der Waals surface area contributed by atoms with Gasteiger partial charge in [0.25, 0.3) is 11.6 Å². The Morgan fingerprint density at radius 3 is 2.51 bits per heavy atom. The fourth-order valence-corrected chi connectivity index (χ4v) is 4.80. The van der Waals surface area contributed by atoms with Crippen LogP contribution in [0.4, 0.5) is 11.4 Å². The van der Waals surface area contributed by atoms with Crippen molar-refractivity contribution in [2.75, 3.05) is 11.5 Å². The van der Waals surface area contributed by atoms with Gasteiger partial charge < -0.3 is 9.47 Å². The minimum Gasteiger partial charge on any atom is -0.490 e. The molecular weight excluding hydrogens is 484 g/mol. The Balaban J connectivity index is 1.56. The van der Waals surface area contributed by atoms with Crippen molar-refractivity contribution in [1.29, 1.82) is 0 Å². The van der Waals surface area contributed by atoms with Crippen molar-refractivity contribution < 1.29 is 19.2 Å². The summed E-state index contributed by atoms with van der Waals surface area (Å²) in [5.41, 5.74) is 3.04. The first-order valence-electron chi connectivity index (χ1n) is 10.8. The molecule has 1 amide bonds. The molecule has 0 spiro atoms. The van der Waals surface area contributed by atoms with Gasteiger partial charge >= 0.3 is 0 Å². The molecular formula is C26H22N2O5S2. The Labute approximate surface area is 212 Å². The van der Waals surface area contributed by atoms with Crippen molar-refractivity contribution in [2.24, 2.45) is 0 Å². The van der Waals surface area contributed by atoms with Gasteiger partial charge in [0.15, 0.2) is 15.8 Å². The van der Waals surface area contributed by atoms with Crippen molar-refractivity contribution >= 4 is 51.7 Å². The molecule has 3 aromatic rings. The van der Waals surface area contributed by atoms with E-state index in [0.717, 1.165) is 16.8 Å². The summed E-state index contributed by atoms with van der Waals surface area (Å²) in [5, 5.41) is 11.3. The molecule has 0 aliphatic carbocycles. The normalized spacial score (nSPS) is 14.5. The first-order valence-corrected chi connectivity index (χ1v) is 12.1. The number of nitro benzene ring substituents is 1. The van der Waals surface area contributed by atoms with Gasteiger partial charge in [0.1, 0.15) is 6.61 Å². The number of anilines is 1. The average Bonchev–Trinajstić information content (AvgIpc) is 3.12. The number of aryl methyl sites for hydroxylation is 1. The summed E-state index contributed by atoms with van der Waals surface area (Å²) in [7, 11) is 0. The van der Waals surface area contributed by atoms with Crippen LogP contribution in [0.1, 0.15) is 23.6 Å². The van der Waals surface area contributed by atoms with Gasteiger partial charge in [0.05, 0.1) is 27.7 Å². The fraction of sp³-hybridized carbons (Fsp3) is 0.154. The van der Waals surface area contributed by atoms with Gasteiger partial charge in [0.2, 0.25) is 0 Å². The van der Waals surface area contributed by atoms with Crippen LogP contribution in [-0.4, -0.2) is 21.8 Å². The lowest BCUT2D eigenvalue weighted by Gasteiger charge is -2.14. The van der Waals surface area contributed by atoms with Gasteiger partial charge in [-0.1, -0.05) is 59.9 Å². The number of ether oxygens (including phenoxy) is 2. The van der Waals surface area contributed by atoms with Crippen LogP contribution >= 0.6 is 24.0 Å². The highest BCUT2D eigenvalue weighted by Gasteiger charge is 2.33. The second-order valence-corrected chi connectivity index (χ2v) is 9.34. The molecule has 4 rings (SSSR count). The zero-order valence-electron chi connectivity index (χ0n) is 19.1. The number of hydrogen-bond donors (Lipinski definition) is 0. The lowest BCUT2D eigenvalue weighted by Crippen LogP contribution is -2.27. The molecule has 1 heterocycles. The number of thiocarbonyl (C=S) groups is 1. The van der Waals surface area contributed by atoms with Gasteiger partial charge in [0, 0.05) is 6.07 Å². The molecule has 0 radical (unpaired) electrons. The SMILES string of the molecule is CCOc1cc(/C=C2\SC(=S)N(c3ccc(C)cc3)C2=O)ccc1OCc1ccccc1[N+](=O)[O-]. The molecule has 0 N–H and O–H groups in total. The van der Waals surface area contributed by atoms with Crippen molar-refractivity contribution in [2.45, 2.75) is 20.5 Å². The van der Waals surface area contributed by atoms with Crippen LogP contribution in [0.15, 0.2) is 71.6 Å². The number of carbonyl (C=O) groups excluding carboxylic acids is 1. The topological polar surface area (TPSA) is 81.9 Å². The van der Waals surface area contributed by atoms with E-state index in [4.69, 9.17) is 21.7 Å². The Kier molecular flexibility index (Phi) is 7.48. The summed E-state index contributed by atoms with van der Waals surface area (Å²) in [6.45, 7) is 4.26. The Bertz CT molecular complexity index is 1320. The molecule has 1 fully saturated rings. The van der Waals surface area contributed by atoms with Crippen LogP contribution < -0.4 is 14.4 Å². The number of thioether (sulfide) groups is 1. The zero-order chi connectivity index (χ0) is 24.9. The molecule has 3 aromatic carbocycles. The highest BCUT2D eigenvalue weighted by molar-refractivity contribution is 8.27. The van der Waals surface area contributed by atoms with Crippen LogP contribution in [0, 0.1) is 17.0 Å². The van der Waals surface area contributed by atoms with Crippen molar-refractivity contribution in [3.05, 3.63) is 98.4 Å². The predicted octanol–water partition coefficient (Wildman–Crippen LogP) is 6.29. The summed E-state index contributed by atoms with van der Waals surface area (Å²) in [6.07, 6.45) is 1.77. The van der Waals surface area contributed by atoms with Crippen molar-refractivity contribution in [3.8, 4) is 11.5 Å². The molecule has 178 valence electrons. The molecule has 1 saturated heterocycles. The lowest BCUT2D eigenvalue weighted by molar-refractivity contribution is -0.385. The lowest BCUT2D eigenvalue weighted by atomic mass is 10.1. The third-order valence-electron chi connectivity index (χ3n) is 5.22. The Morgan fingerprint density at radius 1 is 1.06 bits per heavy atom. The maximum Gasteiger partial charge on any atom is 0.276 e. The first-order chi connectivity index (χ1) is 16.9. The molecule has 0 saturated carbocycles. The van der Waals surface area contributed by atoms with E-state index in [1.807, 2.05) is 38.1 Å². The number of amides is 1. The summed E-state index contributed by atoms with van der Waals surface area (Å²) < 4.78 is 12.1. The minimum atomic E-state index is -0.433. The molecule has 7 nitrogen and oxygen atoms in total. The van der Waals surface area contributed by atoms with Gasteiger partial charge in [-0.2, -0.15) is 0 Å². The number of para-hydroxylation sites is 1. The van der Waals surface area contributed by atoms with E-state index in [1.54, 1.807) is 42.5 Å². The fourth-order valence-electron chi connectivity index (χ4n) is 3.50. The number of nitrogens with zero attached hydrogens (tertiary/aromatic N) is 2. The van der Waals surface area contributed by atoms with Crippen LogP contribution in [0.25, 0.3) is 6.08 Å². The number of nitro groups is 1. The van der Waals surface area contributed by atoms with Gasteiger partial charge in [-0.25, -0.2) is 0 Å². The number of carbonyl (C=O) groups is 1. The number of rotatable bonds is 8.